The minimum Gasteiger partial charge on any atom is -0.497 e. The minimum absolute atomic E-state index is 0.127. The van der Waals surface area contributed by atoms with E-state index in [2.05, 4.69) is 26.0 Å². The Morgan fingerprint density at radius 2 is 1.70 bits per heavy atom. The van der Waals surface area contributed by atoms with Gasteiger partial charge < -0.3 is 4.74 Å². The fourth-order valence-electron chi connectivity index (χ4n) is 7.22. The molecule has 0 heterocycles. The van der Waals surface area contributed by atoms with E-state index >= 15 is 0 Å². The van der Waals surface area contributed by atoms with Gasteiger partial charge in [0.15, 0.2) is 5.78 Å². The number of methoxy groups -OCH3 is 1. The number of carbonyl (C=O) groups is 2. The zero-order valence-electron chi connectivity index (χ0n) is 18.3. The smallest absolute Gasteiger partial charge is 0.155 e. The molecule has 0 amide bonds. The van der Waals surface area contributed by atoms with Crippen LogP contribution in [0.4, 0.5) is 0 Å². The maximum absolute atomic E-state index is 12.9. The van der Waals surface area contributed by atoms with Crippen molar-refractivity contribution >= 4 is 23.3 Å². The van der Waals surface area contributed by atoms with Gasteiger partial charge in [-0.25, -0.2) is 0 Å². The summed E-state index contributed by atoms with van der Waals surface area (Å²) in [6, 6.07) is 8.35. The molecule has 30 heavy (non-hydrogen) atoms. The van der Waals surface area contributed by atoms with Gasteiger partial charge in [0.1, 0.15) is 11.5 Å². The largest absolute Gasteiger partial charge is 0.497 e. The van der Waals surface area contributed by atoms with Crippen molar-refractivity contribution in [1.29, 1.82) is 0 Å². The molecule has 0 saturated heterocycles. The Hall–Kier alpha value is -1.55. The molecule has 0 spiro atoms. The number of rotatable bonds is 3. The molecule has 4 aliphatic rings. The highest BCUT2D eigenvalue weighted by atomic mass is 32.2. The third-order valence-corrected chi connectivity index (χ3v) is 10.3. The van der Waals surface area contributed by atoms with E-state index in [9.17, 15) is 9.59 Å². The van der Waals surface area contributed by atoms with E-state index in [0.29, 0.717) is 41.0 Å². The summed E-state index contributed by atoms with van der Waals surface area (Å²) in [5, 5.41) is 0.421. The zero-order chi connectivity index (χ0) is 21.1. The Morgan fingerprint density at radius 3 is 2.43 bits per heavy atom. The highest BCUT2D eigenvalue weighted by Crippen LogP contribution is 2.66. The van der Waals surface area contributed by atoms with Crippen molar-refractivity contribution in [3.8, 4) is 5.75 Å². The number of carbonyl (C=O) groups excluding carboxylic acids is 2. The molecule has 4 heteroatoms. The number of ketones is 2. The van der Waals surface area contributed by atoms with Crippen molar-refractivity contribution in [2.45, 2.75) is 68.9 Å². The molecule has 3 fully saturated rings. The Bertz CT molecular complexity index is 903. The number of hydrogen-bond donors (Lipinski definition) is 0. The van der Waals surface area contributed by atoms with Crippen LogP contribution in [0, 0.1) is 28.6 Å². The van der Waals surface area contributed by atoms with Crippen LogP contribution in [0.3, 0.4) is 0 Å². The van der Waals surface area contributed by atoms with E-state index in [-0.39, 0.29) is 10.8 Å². The average Bonchev–Trinajstić information content (AvgIpc) is 3.04. The summed E-state index contributed by atoms with van der Waals surface area (Å²) in [4.78, 5) is 26.4. The molecule has 4 aliphatic carbocycles. The second kappa shape index (κ2) is 7.25. The van der Waals surface area contributed by atoms with Gasteiger partial charge >= 0.3 is 0 Å². The Morgan fingerprint density at radius 1 is 0.967 bits per heavy atom. The molecule has 160 valence electrons. The molecule has 0 unspecified atom stereocenters. The third-order valence-electron chi connectivity index (χ3n) is 9.02. The second-order valence-corrected chi connectivity index (χ2v) is 11.6. The number of allylic oxidation sites excluding steroid dienone is 1. The normalized spacial score (nSPS) is 40.3. The van der Waals surface area contributed by atoms with Crippen LogP contribution in [0.15, 0.2) is 40.8 Å². The third kappa shape index (κ3) is 3.01. The van der Waals surface area contributed by atoms with Crippen LogP contribution in [-0.4, -0.2) is 23.9 Å². The first kappa shape index (κ1) is 20.4. The lowest BCUT2D eigenvalue weighted by Crippen LogP contribution is -2.54. The lowest BCUT2D eigenvalue weighted by atomic mass is 9.47. The van der Waals surface area contributed by atoms with Crippen molar-refractivity contribution in [2.75, 3.05) is 7.11 Å². The van der Waals surface area contributed by atoms with Crippen molar-refractivity contribution in [1.82, 2.24) is 0 Å². The molecule has 0 aromatic heterocycles. The molecule has 0 aliphatic heterocycles. The Kier molecular flexibility index (Phi) is 4.92. The van der Waals surface area contributed by atoms with E-state index in [1.165, 1.54) is 10.5 Å². The summed E-state index contributed by atoms with van der Waals surface area (Å²) in [5.41, 5.74) is 1.36. The van der Waals surface area contributed by atoms with Gasteiger partial charge in [0.2, 0.25) is 0 Å². The Balaban J connectivity index is 1.53. The number of fused-ring (bicyclic) bond motifs is 5. The maximum Gasteiger partial charge on any atom is 0.155 e. The molecule has 5 rings (SSSR count). The van der Waals surface area contributed by atoms with Crippen LogP contribution >= 0.6 is 11.8 Å². The van der Waals surface area contributed by atoms with E-state index in [4.69, 9.17) is 4.74 Å². The van der Waals surface area contributed by atoms with Gasteiger partial charge in [-0.2, -0.15) is 0 Å². The van der Waals surface area contributed by atoms with Gasteiger partial charge in [-0.1, -0.05) is 19.4 Å². The number of Topliss-reactive ketones (excluding diaryl/α,β-unsaturated/α-hetero) is 1. The van der Waals surface area contributed by atoms with Crippen molar-refractivity contribution in [3.05, 3.63) is 35.9 Å². The maximum atomic E-state index is 12.9. The Labute approximate surface area is 184 Å². The minimum atomic E-state index is -0.137. The summed E-state index contributed by atoms with van der Waals surface area (Å²) in [6.07, 6.45) is 8.55. The van der Waals surface area contributed by atoms with Crippen LogP contribution in [0.25, 0.3) is 0 Å². The van der Waals surface area contributed by atoms with Gasteiger partial charge in [0.25, 0.3) is 0 Å². The molecule has 1 aromatic rings. The van der Waals surface area contributed by atoms with Gasteiger partial charge in [-0.3, -0.25) is 9.59 Å². The fourth-order valence-corrected chi connectivity index (χ4v) is 8.66. The highest BCUT2D eigenvalue weighted by molar-refractivity contribution is 8.00. The van der Waals surface area contributed by atoms with Crippen LogP contribution in [0.1, 0.15) is 58.8 Å². The van der Waals surface area contributed by atoms with E-state index in [1.54, 1.807) is 7.11 Å². The van der Waals surface area contributed by atoms with Gasteiger partial charge in [0.05, 0.1) is 7.11 Å². The first-order chi connectivity index (χ1) is 14.3. The number of thioether (sulfide) groups is 1. The quantitative estimate of drug-likeness (QED) is 0.609. The van der Waals surface area contributed by atoms with Gasteiger partial charge in [0, 0.05) is 28.4 Å². The van der Waals surface area contributed by atoms with Crippen LogP contribution in [0.2, 0.25) is 0 Å². The highest BCUT2D eigenvalue weighted by Gasteiger charge is 2.61. The van der Waals surface area contributed by atoms with Crippen LogP contribution in [-0.2, 0) is 9.59 Å². The lowest BCUT2D eigenvalue weighted by molar-refractivity contribution is -0.132. The van der Waals surface area contributed by atoms with E-state index in [0.717, 1.165) is 44.3 Å². The van der Waals surface area contributed by atoms with Crippen molar-refractivity contribution in [3.63, 3.8) is 0 Å². The van der Waals surface area contributed by atoms with E-state index in [1.807, 2.05) is 30.0 Å². The van der Waals surface area contributed by atoms with Crippen LogP contribution in [0.5, 0.6) is 5.75 Å². The average molecular weight is 425 g/mol. The second-order valence-electron chi connectivity index (χ2n) is 10.3. The monoisotopic (exact) mass is 424 g/mol. The number of ether oxygens (including phenoxy) is 1. The number of hydrogen-bond acceptors (Lipinski definition) is 4. The van der Waals surface area contributed by atoms with Crippen molar-refractivity contribution < 1.29 is 14.3 Å². The van der Waals surface area contributed by atoms with Crippen LogP contribution < -0.4 is 4.74 Å². The number of benzene rings is 1. The molecule has 0 radical (unpaired) electrons. The predicted octanol–water partition coefficient (Wildman–Crippen LogP) is 5.87. The zero-order valence-corrected chi connectivity index (χ0v) is 19.1. The lowest BCUT2D eigenvalue weighted by Gasteiger charge is -2.59. The summed E-state index contributed by atoms with van der Waals surface area (Å²) >= 11 is 1.95. The molecule has 1 aromatic carbocycles. The van der Waals surface area contributed by atoms with E-state index < -0.39 is 0 Å². The first-order valence-electron chi connectivity index (χ1n) is 11.4. The standard InChI is InChI=1S/C26H32O3S/c1-25-12-10-17(27)14-16(25)15-22(30-19-6-4-18(29-3)5-7-19)24-20-8-9-23(28)26(20,2)13-11-21(24)25/h4-7,14,20-22,24H,8-13,15H2,1-3H3/t20-,21-,22+,24-,25-,26-/m0/s1. The van der Waals surface area contributed by atoms with Crippen molar-refractivity contribution in [2.24, 2.45) is 28.6 Å². The first-order valence-corrected chi connectivity index (χ1v) is 12.3. The SMILES string of the molecule is COc1ccc(S[C@@H]2CC3=CC(=O)CC[C@]3(C)[C@H]3CC[C@]4(C)C(=O)CC[C@H]4[C@H]23)cc1. The molecule has 3 nitrogen and oxygen atoms in total. The summed E-state index contributed by atoms with van der Waals surface area (Å²) < 4.78 is 5.33. The van der Waals surface area contributed by atoms with Gasteiger partial charge in [-0.15, -0.1) is 11.8 Å². The molecule has 0 N–H and O–H groups in total. The molecule has 6 atom stereocenters. The molecular formula is C26H32O3S. The predicted molar refractivity (Wildman–Crippen MR) is 120 cm³/mol. The summed E-state index contributed by atoms with van der Waals surface area (Å²) in [6.45, 7) is 4.66. The molecular weight excluding hydrogens is 392 g/mol. The molecule has 0 bridgehead atoms. The van der Waals surface area contributed by atoms with Gasteiger partial charge in [-0.05, 0) is 85.6 Å². The summed E-state index contributed by atoms with van der Waals surface area (Å²) in [7, 11) is 1.70. The molecule has 3 saturated carbocycles. The fraction of sp³-hybridized carbons (Fsp3) is 0.615. The topological polar surface area (TPSA) is 43.4 Å². The summed E-state index contributed by atoms with van der Waals surface area (Å²) in [5.74, 6) is 3.26.